The molecule has 0 bridgehead atoms. The van der Waals surface area contributed by atoms with Gasteiger partial charge in [-0.1, -0.05) is 43.5 Å². The van der Waals surface area contributed by atoms with Crippen molar-refractivity contribution in [2.24, 2.45) is 0 Å². The molecule has 224 valence electrons. The fourth-order valence-corrected chi connectivity index (χ4v) is 6.11. The van der Waals surface area contributed by atoms with E-state index in [0.29, 0.717) is 47.5 Å². The smallest absolute Gasteiger partial charge is 0.248 e. The number of nitrogens with zero attached hydrogens (tertiary/aromatic N) is 1. The number of rotatable bonds is 9. The van der Waals surface area contributed by atoms with Crippen molar-refractivity contribution in [2.75, 3.05) is 32.3 Å². The van der Waals surface area contributed by atoms with Crippen LogP contribution < -0.4 is 29.2 Å². The number of hydrogen-bond acceptors (Lipinski definition) is 6. The first-order valence-electron chi connectivity index (χ1n) is 14.8. The molecule has 2 aliphatic rings. The Labute approximate surface area is 251 Å². The van der Waals surface area contributed by atoms with Gasteiger partial charge in [-0.25, -0.2) is 0 Å². The number of amides is 2. The number of aromatic amines is 1. The van der Waals surface area contributed by atoms with Crippen molar-refractivity contribution in [1.82, 2.24) is 10.3 Å². The van der Waals surface area contributed by atoms with E-state index in [2.05, 4.69) is 10.3 Å². The van der Waals surface area contributed by atoms with E-state index in [1.807, 2.05) is 42.6 Å². The van der Waals surface area contributed by atoms with Crippen LogP contribution >= 0.6 is 0 Å². The van der Waals surface area contributed by atoms with E-state index < -0.39 is 6.04 Å². The molecule has 1 aliphatic heterocycles. The third-order valence-electron chi connectivity index (χ3n) is 8.27. The molecule has 1 atom stereocenters. The Bertz CT molecular complexity index is 1610. The molecule has 1 unspecified atom stereocenters. The van der Waals surface area contributed by atoms with E-state index in [-0.39, 0.29) is 24.3 Å². The predicted molar refractivity (Wildman–Crippen MR) is 164 cm³/mol. The van der Waals surface area contributed by atoms with Crippen LogP contribution in [-0.2, 0) is 16.0 Å². The minimum atomic E-state index is -0.984. The van der Waals surface area contributed by atoms with E-state index in [1.165, 1.54) is 0 Å². The van der Waals surface area contributed by atoms with Crippen LogP contribution in [0.25, 0.3) is 10.9 Å². The summed E-state index contributed by atoms with van der Waals surface area (Å²) in [6.07, 6.45) is 7.07. The van der Waals surface area contributed by atoms with Crippen LogP contribution in [0.15, 0.2) is 66.9 Å². The third kappa shape index (κ3) is 5.98. The molecule has 1 aliphatic carbocycles. The number of hydrogen-bond donors (Lipinski definition) is 2. The van der Waals surface area contributed by atoms with E-state index in [4.69, 9.17) is 18.9 Å². The van der Waals surface area contributed by atoms with Gasteiger partial charge in [0, 0.05) is 34.9 Å². The Balaban J connectivity index is 1.46. The maximum Gasteiger partial charge on any atom is 0.248 e. The van der Waals surface area contributed by atoms with Crippen molar-refractivity contribution in [3.63, 3.8) is 0 Å². The normalized spacial score (nSPS) is 15.5. The molecule has 2 amide bonds. The Morgan fingerprint density at radius 3 is 2.49 bits per heavy atom. The molecule has 3 aromatic carbocycles. The summed E-state index contributed by atoms with van der Waals surface area (Å²) in [6.45, 7) is 0.856. The van der Waals surface area contributed by atoms with Crippen molar-refractivity contribution in [1.29, 1.82) is 0 Å². The highest BCUT2D eigenvalue weighted by atomic mass is 16.6. The van der Waals surface area contributed by atoms with Gasteiger partial charge < -0.3 is 29.2 Å². The van der Waals surface area contributed by atoms with Gasteiger partial charge in [0.25, 0.3) is 0 Å². The maximum absolute atomic E-state index is 14.5. The molecule has 2 N–H and O–H groups in total. The molecule has 43 heavy (non-hydrogen) atoms. The highest BCUT2D eigenvalue weighted by Crippen LogP contribution is 2.39. The number of H-pyrrole nitrogens is 1. The molecule has 9 nitrogen and oxygen atoms in total. The number of ether oxygens (including phenoxy) is 4. The SMILES string of the molecule is COc1ccc(C(C(=O)NC2CCCCC2)N(C(=O)Cc2c[nH]c3ccccc23)c2ccc3c(c2)OCCO3)cc1OC. The van der Waals surface area contributed by atoms with Crippen LogP contribution in [0.1, 0.15) is 49.3 Å². The lowest BCUT2D eigenvalue weighted by atomic mass is 9.94. The molecule has 0 radical (unpaired) electrons. The van der Waals surface area contributed by atoms with Crippen LogP contribution in [0.3, 0.4) is 0 Å². The first kappa shape index (κ1) is 28.5. The lowest BCUT2D eigenvalue weighted by Gasteiger charge is -2.34. The number of aromatic nitrogens is 1. The van der Waals surface area contributed by atoms with Gasteiger partial charge in [0.1, 0.15) is 19.3 Å². The Hall–Kier alpha value is -4.66. The van der Waals surface area contributed by atoms with E-state index in [0.717, 1.165) is 48.6 Å². The zero-order valence-electron chi connectivity index (χ0n) is 24.6. The molecule has 1 saturated carbocycles. The average molecular weight is 584 g/mol. The Morgan fingerprint density at radius 1 is 0.930 bits per heavy atom. The van der Waals surface area contributed by atoms with E-state index >= 15 is 0 Å². The van der Waals surface area contributed by atoms with Crippen molar-refractivity contribution >= 4 is 28.4 Å². The van der Waals surface area contributed by atoms with Crippen molar-refractivity contribution in [2.45, 2.75) is 50.6 Å². The predicted octanol–water partition coefficient (Wildman–Crippen LogP) is 5.72. The van der Waals surface area contributed by atoms with Gasteiger partial charge in [0.2, 0.25) is 11.8 Å². The molecule has 0 spiro atoms. The number of anilines is 1. The molecule has 4 aromatic rings. The topological polar surface area (TPSA) is 102 Å². The monoisotopic (exact) mass is 583 g/mol. The quantitative estimate of drug-likeness (QED) is 0.261. The summed E-state index contributed by atoms with van der Waals surface area (Å²) in [5, 5.41) is 4.24. The molecular formula is C34H37N3O6. The number of nitrogens with one attached hydrogen (secondary N) is 2. The highest BCUT2D eigenvalue weighted by Gasteiger charge is 2.35. The minimum Gasteiger partial charge on any atom is -0.493 e. The number of methoxy groups -OCH3 is 2. The Morgan fingerprint density at radius 2 is 1.70 bits per heavy atom. The van der Waals surface area contributed by atoms with Gasteiger partial charge in [-0.05, 0) is 54.3 Å². The number of carbonyl (C=O) groups excluding carboxylic acids is 2. The molecular weight excluding hydrogens is 546 g/mol. The minimum absolute atomic E-state index is 0.0507. The van der Waals surface area contributed by atoms with Gasteiger partial charge in [-0.2, -0.15) is 0 Å². The molecule has 1 fully saturated rings. The van der Waals surface area contributed by atoms with Crippen LogP contribution in [0.4, 0.5) is 5.69 Å². The van der Waals surface area contributed by atoms with Crippen LogP contribution in [0.2, 0.25) is 0 Å². The molecule has 9 heteroatoms. The average Bonchev–Trinajstić information content (AvgIpc) is 3.45. The van der Waals surface area contributed by atoms with Gasteiger partial charge in [-0.15, -0.1) is 0 Å². The standard InChI is InChI=1S/C34H37N3O6/c1-40-28-14-12-22(18-30(28)41-2)33(34(39)36-24-8-4-3-5-9-24)37(25-13-15-29-31(20-25)43-17-16-42-29)32(38)19-23-21-35-27-11-7-6-10-26(23)27/h6-7,10-15,18,20-21,24,33,35H,3-5,8-9,16-17,19H2,1-2H3,(H,36,39). The molecule has 1 aromatic heterocycles. The lowest BCUT2D eigenvalue weighted by Crippen LogP contribution is -2.47. The fourth-order valence-electron chi connectivity index (χ4n) is 6.11. The first-order chi connectivity index (χ1) is 21.1. The summed E-state index contributed by atoms with van der Waals surface area (Å²) < 4.78 is 22.7. The van der Waals surface area contributed by atoms with E-state index in [1.54, 1.807) is 43.4 Å². The lowest BCUT2D eigenvalue weighted by molar-refractivity contribution is -0.127. The van der Waals surface area contributed by atoms with Crippen molar-refractivity contribution in [3.05, 3.63) is 78.0 Å². The number of fused-ring (bicyclic) bond motifs is 2. The summed E-state index contributed by atoms with van der Waals surface area (Å²) in [5.74, 6) is 1.66. The molecule has 6 rings (SSSR count). The second-order valence-electron chi connectivity index (χ2n) is 11.0. The zero-order valence-corrected chi connectivity index (χ0v) is 24.6. The first-order valence-corrected chi connectivity index (χ1v) is 14.8. The van der Waals surface area contributed by atoms with Gasteiger partial charge in [-0.3, -0.25) is 14.5 Å². The van der Waals surface area contributed by atoms with Crippen molar-refractivity contribution < 1.29 is 28.5 Å². The molecule has 0 saturated heterocycles. The molecule has 2 heterocycles. The van der Waals surface area contributed by atoms with E-state index in [9.17, 15) is 9.59 Å². The summed E-state index contributed by atoms with van der Waals surface area (Å²) in [7, 11) is 3.12. The van der Waals surface area contributed by atoms with Gasteiger partial charge in [0.05, 0.1) is 20.6 Å². The Kier molecular flexibility index (Phi) is 8.40. The maximum atomic E-state index is 14.5. The highest BCUT2D eigenvalue weighted by molar-refractivity contribution is 6.03. The number of benzene rings is 3. The third-order valence-corrected chi connectivity index (χ3v) is 8.27. The van der Waals surface area contributed by atoms with Crippen LogP contribution in [0, 0.1) is 0 Å². The summed E-state index contributed by atoms with van der Waals surface area (Å²) >= 11 is 0. The fraction of sp³-hybridized carbons (Fsp3) is 0.353. The van der Waals surface area contributed by atoms with Crippen LogP contribution in [-0.4, -0.2) is 50.3 Å². The largest absolute Gasteiger partial charge is 0.493 e. The number of para-hydroxylation sites is 1. The summed E-state index contributed by atoms with van der Waals surface area (Å²) in [6, 6.07) is 17.7. The second-order valence-corrected chi connectivity index (χ2v) is 11.0. The van der Waals surface area contributed by atoms with Crippen molar-refractivity contribution in [3.8, 4) is 23.0 Å². The summed E-state index contributed by atoms with van der Waals surface area (Å²) in [5.41, 5.74) is 2.94. The second kappa shape index (κ2) is 12.7. The van der Waals surface area contributed by atoms with Gasteiger partial charge >= 0.3 is 0 Å². The summed E-state index contributed by atoms with van der Waals surface area (Å²) in [4.78, 5) is 33.7. The van der Waals surface area contributed by atoms with Gasteiger partial charge in [0.15, 0.2) is 23.0 Å². The zero-order chi connectivity index (χ0) is 29.8. The number of carbonyl (C=O) groups is 2. The van der Waals surface area contributed by atoms with Crippen LogP contribution in [0.5, 0.6) is 23.0 Å².